The van der Waals surface area contributed by atoms with Crippen molar-refractivity contribution in [2.75, 3.05) is 7.05 Å². The topological polar surface area (TPSA) is 12.4 Å². The third-order valence-corrected chi connectivity index (χ3v) is 2.25. The summed E-state index contributed by atoms with van der Waals surface area (Å²) in [6.07, 6.45) is 21.6. The molecule has 0 aromatic heterocycles. The molecule has 0 saturated carbocycles. The molecule has 108 valence electrons. The fourth-order valence-corrected chi connectivity index (χ4v) is 1.36. The van der Waals surface area contributed by atoms with Crippen LogP contribution in [-0.2, 0) is 0 Å². The zero-order chi connectivity index (χ0) is 15.8. The Kier molecular flexibility index (Phi) is 12.1. The molecule has 0 spiro atoms. The molecule has 0 bridgehead atoms. The van der Waals surface area contributed by atoms with Crippen molar-refractivity contribution in [2.45, 2.75) is 13.3 Å². The van der Waals surface area contributed by atoms with E-state index in [0.717, 1.165) is 17.6 Å². The molecule has 0 aliphatic heterocycles. The van der Waals surface area contributed by atoms with Crippen LogP contribution < -0.4 is 0 Å². The van der Waals surface area contributed by atoms with Gasteiger partial charge in [0.2, 0.25) is 0 Å². The highest BCUT2D eigenvalue weighted by atomic mass is 14.6. The fraction of sp³-hybridized carbons (Fsp3) is 0.150. The Morgan fingerprint density at radius 1 is 1.10 bits per heavy atom. The summed E-state index contributed by atoms with van der Waals surface area (Å²) in [6.45, 7) is 9.45. The Hall–Kier alpha value is -2.59. The van der Waals surface area contributed by atoms with E-state index >= 15 is 0 Å². The van der Waals surface area contributed by atoms with Gasteiger partial charge in [-0.25, -0.2) is 0 Å². The predicted molar refractivity (Wildman–Crippen MR) is 96.5 cm³/mol. The summed E-state index contributed by atoms with van der Waals surface area (Å²) < 4.78 is 0. The molecule has 0 amide bonds. The zero-order valence-corrected chi connectivity index (χ0v) is 12.9. The first kappa shape index (κ1) is 18.4. The second-order valence-electron chi connectivity index (χ2n) is 3.93. The minimum atomic E-state index is 0.954. The zero-order valence-electron chi connectivity index (χ0n) is 12.9. The summed E-state index contributed by atoms with van der Waals surface area (Å²) >= 11 is 0. The van der Waals surface area contributed by atoms with E-state index < -0.39 is 0 Å². The second kappa shape index (κ2) is 13.8. The normalized spacial score (nSPS) is 13.2. The molecule has 0 aromatic rings. The van der Waals surface area contributed by atoms with E-state index in [4.69, 9.17) is 0 Å². The minimum absolute atomic E-state index is 0.954. The SMILES string of the molecule is C=C/C=C\C(C#CC=CC(/C=C\C=N\C)=C/C=C)=C/CC. The highest BCUT2D eigenvalue weighted by Crippen LogP contribution is 2.00. The molecule has 0 saturated heterocycles. The van der Waals surface area contributed by atoms with E-state index in [1.54, 1.807) is 25.4 Å². The van der Waals surface area contributed by atoms with Crippen molar-refractivity contribution in [2.24, 2.45) is 4.99 Å². The molecule has 0 aliphatic rings. The number of allylic oxidation sites excluding steroid dienone is 12. The number of aliphatic imine (C=N–C) groups is 1. The van der Waals surface area contributed by atoms with Gasteiger partial charge in [-0.1, -0.05) is 68.4 Å². The van der Waals surface area contributed by atoms with E-state index in [-0.39, 0.29) is 0 Å². The maximum atomic E-state index is 3.90. The molecule has 0 heterocycles. The highest BCUT2D eigenvalue weighted by Gasteiger charge is 1.83. The maximum absolute atomic E-state index is 3.90. The van der Waals surface area contributed by atoms with Crippen LogP contribution in [0.25, 0.3) is 0 Å². The van der Waals surface area contributed by atoms with Crippen LogP contribution in [0.4, 0.5) is 0 Å². The Labute approximate surface area is 129 Å². The molecule has 0 atom stereocenters. The van der Waals surface area contributed by atoms with Gasteiger partial charge in [-0.05, 0) is 36.3 Å². The van der Waals surface area contributed by atoms with Gasteiger partial charge in [0.25, 0.3) is 0 Å². The highest BCUT2D eigenvalue weighted by molar-refractivity contribution is 5.72. The van der Waals surface area contributed by atoms with Crippen molar-refractivity contribution in [3.8, 4) is 11.8 Å². The maximum Gasteiger partial charge on any atom is 0.0277 e. The average Bonchev–Trinajstić information content (AvgIpc) is 2.49. The van der Waals surface area contributed by atoms with Crippen LogP contribution in [0.15, 0.2) is 90.1 Å². The van der Waals surface area contributed by atoms with Gasteiger partial charge < -0.3 is 0 Å². The van der Waals surface area contributed by atoms with Gasteiger partial charge in [-0.2, -0.15) is 0 Å². The molecule has 0 radical (unpaired) electrons. The first-order valence-corrected chi connectivity index (χ1v) is 6.87. The first-order chi connectivity index (χ1) is 10.3. The summed E-state index contributed by atoms with van der Waals surface area (Å²) in [5.41, 5.74) is 2.01. The quantitative estimate of drug-likeness (QED) is 0.353. The molecule has 21 heavy (non-hydrogen) atoms. The Morgan fingerprint density at radius 2 is 1.90 bits per heavy atom. The van der Waals surface area contributed by atoms with Crippen LogP contribution in [0.1, 0.15) is 13.3 Å². The lowest BCUT2D eigenvalue weighted by Crippen LogP contribution is -1.73. The molecular weight excluding hydrogens is 254 g/mol. The molecule has 1 nitrogen and oxygen atoms in total. The van der Waals surface area contributed by atoms with Gasteiger partial charge in [0.05, 0.1) is 0 Å². The van der Waals surface area contributed by atoms with Crippen molar-refractivity contribution in [1.82, 2.24) is 0 Å². The van der Waals surface area contributed by atoms with E-state index in [1.807, 2.05) is 42.5 Å². The Morgan fingerprint density at radius 3 is 2.52 bits per heavy atom. The average molecular weight is 277 g/mol. The van der Waals surface area contributed by atoms with Crippen LogP contribution in [0, 0.1) is 11.8 Å². The summed E-state index contributed by atoms with van der Waals surface area (Å²) in [7, 11) is 1.74. The van der Waals surface area contributed by atoms with Crippen LogP contribution in [0.5, 0.6) is 0 Å². The van der Waals surface area contributed by atoms with Crippen molar-refractivity contribution in [1.29, 1.82) is 0 Å². The number of hydrogen-bond donors (Lipinski definition) is 0. The first-order valence-electron chi connectivity index (χ1n) is 6.87. The van der Waals surface area contributed by atoms with E-state index in [9.17, 15) is 0 Å². The van der Waals surface area contributed by atoms with Gasteiger partial charge in [-0.3, -0.25) is 4.99 Å². The summed E-state index contributed by atoms with van der Waals surface area (Å²) in [5, 5.41) is 0. The van der Waals surface area contributed by atoms with Crippen LogP contribution in [0.3, 0.4) is 0 Å². The monoisotopic (exact) mass is 277 g/mol. The van der Waals surface area contributed by atoms with Gasteiger partial charge in [0, 0.05) is 18.8 Å². The Balaban J connectivity index is 4.94. The molecule has 1 heteroatoms. The molecule has 0 aromatic carbocycles. The van der Waals surface area contributed by atoms with Crippen molar-refractivity contribution in [3.05, 3.63) is 85.1 Å². The summed E-state index contributed by atoms with van der Waals surface area (Å²) in [5.74, 6) is 6.14. The largest absolute Gasteiger partial charge is 0.297 e. The number of hydrogen-bond acceptors (Lipinski definition) is 1. The third kappa shape index (κ3) is 11.0. The van der Waals surface area contributed by atoms with E-state index in [0.29, 0.717) is 0 Å². The predicted octanol–water partition coefficient (Wildman–Crippen LogP) is 4.99. The standard InChI is InChI=1S/C20H23N/c1-5-8-14-19(12-6-2)15-9-10-16-20(13-7-3)17-11-18-21-4/h5,7-8,10-14,16-18H,1,3,6H2,2,4H3/b14-8-,16-10?,17-11-,19-12+,20-13-,21-18+. The molecule has 0 rings (SSSR count). The molecular formula is C20H23N. The minimum Gasteiger partial charge on any atom is -0.297 e. The molecule has 0 unspecified atom stereocenters. The van der Waals surface area contributed by atoms with Crippen molar-refractivity contribution >= 4 is 6.21 Å². The van der Waals surface area contributed by atoms with Crippen molar-refractivity contribution in [3.63, 3.8) is 0 Å². The molecule has 0 aliphatic carbocycles. The van der Waals surface area contributed by atoms with Gasteiger partial charge in [-0.15, -0.1) is 0 Å². The third-order valence-electron chi connectivity index (χ3n) is 2.25. The van der Waals surface area contributed by atoms with Crippen molar-refractivity contribution < 1.29 is 0 Å². The van der Waals surface area contributed by atoms with Crippen LogP contribution in [-0.4, -0.2) is 13.3 Å². The number of nitrogens with zero attached hydrogens (tertiary/aromatic N) is 1. The molecule has 0 N–H and O–H groups in total. The van der Waals surface area contributed by atoms with Crippen LogP contribution >= 0.6 is 0 Å². The van der Waals surface area contributed by atoms with Crippen LogP contribution in [0.2, 0.25) is 0 Å². The lowest BCUT2D eigenvalue weighted by molar-refractivity contribution is 1.21. The van der Waals surface area contributed by atoms with E-state index in [1.165, 1.54) is 0 Å². The van der Waals surface area contributed by atoms with Gasteiger partial charge in [0.15, 0.2) is 0 Å². The van der Waals surface area contributed by atoms with Gasteiger partial charge in [0.1, 0.15) is 0 Å². The smallest absolute Gasteiger partial charge is 0.0277 e. The second-order valence-corrected chi connectivity index (χ2v) is 3.93. The Bertz CT molecular complexity index is 552. The lowest BCUT2D eigenvalue weighted by atomic mass is 10.2. The summed E-state index contributed by atoms with van der Waals surface area (Å²) in [4.78, 5) is 3.90. The summed E-state index contributed by atoms with van der Waals surface area (Å²) in [6, 6.07) is 0. The van der Waals surface area contributed by atoms with E-state index in [2.05, 4.69) is 43.0 Å². The lowest BCUT2D eigenvalue weighted by Gasteiger charge is -1.89. The number of rotatable bonds is 7. The molecule has 0 fully saturated rings. The van der Waals surface area contributed by atoms with Gasteiger partial charge >= 0.3 is 0 Å². The fourth-order valence-electron chi connectivity index (χ4n) is 1.36.